The third-order valence-electron chi connectivity index (χ3n) is 4.86. The summed E-state index contributed by atoms with van der Waals surface area (Å²) in [5, 5.41) is 2.92. The average Bonchev–Trinajstić information content (AvgIpc) is 2.73. The second-order valence-corrected chi connectivity index (χ2v) is 9.80. The quantitative estimate of drug-likeness (QED) is 0.493. The Morgan fingerprint density at radius 3 is 2.31 bits per heavy atom. The first-order chi connectivity index (χ1) is 13.9. The standard InChI is InChI=1S/C22H29BrN2O3S/c1-3-5-9-18(4-2)16-24-22(26)17-25(20-14-12-19(23)13-15-20)29(27,28)21-10-7-6-8-11-21/h6-8,10-15,18H,3-5,9,16-17H2,1-2H3,(H,24,26)/t18-/m0/s1. The van der Waals surface area contributed by atoms with Gasteiger partial charge in [0.15, 0.2) is 0 Å². The van der Waals surface area contributed by atoms with Gasteiger partial charge in [0, 0.05) is 11.0 Å². The SMILES string of the molecule is CCCC[C@H](CC)CNC(=O)CN(c1ccc(Br)cc1)S(=O)(=O)c1ccccc1. The van der Waals surface area contributed by atoms with E-state index in [1.165, 1.54) is 12.1 Å². The third-order valence-corrected chi connectivity index (χ3v) is 7.18. The Labute approximate surface area is 182 Å². The van der Waals surface area contributed by atoms with E-state index in [2.05, 4.69) is 35.1 Å². The van der Waals surface area contributed by atoms with Crippen molar-refractivity contribution >= 4 is 37.5 Å². The number of hydrogen-bond donors (Lipinski definition) is 1. The van der Waals surface area contributed by atoms with Crippen molar-refractivity contribution in [3.05, 3.63) is 59.1 Å². The van der Waals surface area contributed by atoms with E-state index in [-0.39, 0.29) is 17.3 Å². The van der Waals surface area contributed by atoms with Gasteiger partial charge in [-0.1, -0.05) is 67.2 Å². The van der Waals surface area contributed by atoms with Gasteiger partial charge in [-0.05, 0) is 48.7 Å². The lowest BCUT2D eigenvalue weighted by molar-refractivity contribution is -0.119. The molecular weight excluding hydrogens is 452 g/mol. The number of halogens is 1. The maximum atomic E-state index is 13.2. The molecule has 0 bridgehead atoms. The molecule has 0 saturated carbocycles. The van der Waals surface area contributed by atoms with Crippen molar-refractivity contribution in [2.24, 2.45) is 5.92 Å². The highest BCUT2D eigenvalue weighted by atomic mass is 79.9. The van der Waals surface area contributed by atoms with Gasteiger partial charge in [-0.3, -0.25) is 9.10 Å². The molecule has 2 aromatic carbocycles. The molecule has 0 unspecified atom stereocenters. The highest BCUT2D eigenvalue weighted by molar-refractivity contribution is 9.10. The first-order valence-corrected chi connectivity index (χ1v) is 12.2. The van der Waals surface area contributed by atoms with E-state index in [1.54, 1.807) is 42.5 Å². The number of carbonyl (C=O) groups is 1. The minimum Gasteiger partial charge on any atom is -0.354 e. The van der Waals surface area contributed by atoms with E-state index in [0.717, 1.165) is 34.5 Å². The topological polar surface area (TPSA) is 66.5 Å². The lowest BCUT2D eigenvalue weighted by Gasteiger charge is -2.25. The molecule has 0 radical (unpaired) electrons. The average molecular weight is 481 g/mol. The van der Waals surface area contributed by atoms with Crippen LogP contribution < -0.4 is 9.62 Å². The number of amides is 1. The summed E-state index contributed by atoms with van der Waals surface area (Å²) in [6.45, 7) is 4.56. The second kappa shape index (κ2) is 11.4. The Balaban J connectivity index is 2.20. The number of anilines is 1. The first-order valence-electron chi connectivity index (χ1n) is 9.98. The lowest BCUT2D eigenvalue weighted by atomic mass is 9.99. The molecule has 0 heterocycles. The summed E-state index contributed by atoms with van der Waals surface area (Å²) in [7, 11) is -3.86. The zero-order valence-corrected chi connectivity index (χ0v) is 19.4. The fourth-order valence-corrected chi connectivity index (χ4v) is 4.74. The smallest absolute Gasteiger partial charge is 0.264 e. The molecule has 0 saturated heterocycles. The summed E-state index contributed by atoms with van der Waals surface area (Å²) in [4.78, 5) is 12.8. The van der Waals surface area contributed by atoms with Crippen LogP contribution in [0.5, 0.6) is 0 Å². The molecule has 5 nitrogen and oxygen atoms in total. The predicted molar refractivity (Wildman–Crippen MR) is 121 cm³/mol. The van der Waals surface area contributed by atoms with Crippen LogP contribution in [0.3, 0.4) is 0 Å². The molecule has 1 amide bonds. The highest BCUT2D eigenvalue weighted by Crippen LogP contribution is 2.25. The monoisotopic (exact) mass is 480 g/mol. The van der Waals surface area contributed by atoms with E-state index >= 15 is 0 Å². The van der Waals surface area contributed by atoms with Crippen molar-refractivity contribution < 1.29 is 13.2 Å². The molecule has 0 aliphatic carbocycles. The summed E-state index contributed by atoms with van der Waals surface area (Å²) >= 11 is 3.36. The molecule has 0 fully saturated rings. The molecule has 29 heavy (non-hydrogen) atoms. The van der Waals surface area contributed by atoms with Crippen LogP contribution in [0.25, 0.3) is 0 Å². The fourth-order valence-electron chi connectivity index (χ4n) is 3.03. The summed E-state index contributed by atoms with van der Waals surface area (Å²) in [5.74, 6) is 0.105. The number of benzene rings is 2. The Hall–Kier alpha value is -1.86. The molecule has 7 heteroatoms. The largest absolute Gasteiger partial charge is 0.354 e. The van der Waals surface area contributed by atoms with Crippen LogP contribution in [-0.4, -0.2) is 27.4 Å². The zero-order valence-electron chi connectivity index (χ0n) is 17.0. The van der Waals surface area contributed by atoms with E-state index in [9.17, 15) is 13.2 Å². The highest BCUT2D eigenvalue weighted by Gasteiger charge is 2.27. The van der Waals surface area contributed by atoms with Crippen LogP contribution >= 0.6 is 15.9 Å². The van der Waals surface area contributed by atoms with Crippen molar-refractivity contribution in [2.75, 3.05) is 17.4 Å². The number of rotatable bonds is 11. The molecule has 0 aliphatic rings. The molecule has 1 atom stereocenters. The third kappa shape index (κ3) is 6.85. The summed E-state index contributed by atoms with van der Waals surface area (Å²) in [5.41, 5.74) is 0.449. The van der Waals surface area contributed by atoms with Crippen molar-refractivity contribution in [1.82, 2.24) is 5.32 Å². The van der Waals surface area contributed by atoms with Crippen LogP contribution in [0, 0.1) is 5.92 Å². The number of nitrogens with one attached hydrogen (secondary N) is 1. The van der Waals surface area contributed by atoms with Crippen molar-refractivity contribution in [1.29, 1.82) is 0 Å². The van der Waals surface area contributed by atoms with Crippen LogP contribution in [0.1, 0.15) is 39.5 Å². The molecule has 158 valence electrons. The lowest BCUT2D eigenvalue weighted by Crippen LogP contribution is -2.42. The number of sulfonamides is 1. The van der Waals surface area contributed by atoms with Crippen molar-refractivity contribution in [3.63, 3.8) is 0 Å². The minimum atomic E-state index is -3.86. The van der Waals surface area contributed by atoms with Gasteiger partial charge in [0.05, 0.1) is 10.6 Å². The Bertz CT molecular complexity index is 871. The summed E-state index contributed by atoms with van der Waals surface area (Å²) < 4.78 is 28.4. The van der Waals surface area contributed by atoms with Crippen molar-refractivity contribution in [2.45, 2.75) is 44.4 Å². The second-order valence-electron chi connectivity index (χ2n) is 7.02. The molecule has 2 rings (SSSR count). The first kappa shape index (κ1) is 23.4. The maximum Gasteiger partial charge on any atom is 0.264 e. The molecule has 0 spiro atoms. The van der Waals surface area contributed by atoms with E-state index in [0.29, 0.717) is 18.2 Å². The summed E-state index contributed by atoms with van der Waals surface area (Å²) in [6.07, 6.45) is 4.30. The molecule has 0 aliphatic heterocycles. The Kier molecular flexibility index (Phi) is 9.17. The fraction of sp³-hybridized carbons (Fsp3) is 0.409. The molecule has 1 N–H and O–H groups in total. The van der Waals surface area contributed by atoms with Gasteiger partial charge in [-0.25, -0.2) is 8.42 Å². The van der Waals surface area contributed by atoms with Gasteiger partial charge in [0.1, 0.15) is 6.54 Å². The van der Waals surface area contributed by atoms with Gasteiger partial charge < -0.3 is 5.32 Å². The Morgan fingerprint density at radius 1 is 1.07 bits per heavy atom. The minimum absolute atomic E-state index is 0.157. The number of hydrogen-bond acceptors (Lipinski definition) is 3. The summed E-state index contributed by atoms with van der Waals surface area (Å²) in [6, 6.07) is 15.1. The van der Waals surface area contributed by atoms with E-state index < -0.39 is 10.0 Å². The number of nitrogens with zero attached hydrogens (tertiary/aromatic N) is 1. The zero-order chi connectivity index (χ0) is 21.3. The van der Waals surface area contributed by atoms with Gasteiger partial charge in [0.2, 0.25) is 5.91 Å². The predicted octanol–water partition coefficient (Wildman–Crippen LogP) is 4.98. The molecule has 0 aromatic heterocycles. The van der Waals surface area contributed by atoms with Gasteiger partial charge in [-0.2, -0.15) is 0 Å². The van der Waals surface area contributed by atoms with Crippen LogP contribution in [0.4, 0.5) is 5.69 Å². The normalized spacial score (nSPS) is 12.4. The van der Waals surface area contributed by atoms with Crippen LogP contribution in [-0.2, 0) is 14.8 Å². The van der Waals surface area contributed by atoms with E-state index in [1.807, 2.05) is 0 Å². The van der Waals surface area contributed by atoms with E-state index in [4.69, 9.17) is 0 Å². The number of unbranched alkanes of at least 4 members (excludes halogenated alkanes) is 1. The number of carbonyl (C=O) groups excluding carboxylic acids is 1. The van der Waals surface area contributed by atoms with Crippen LogP contribution in [0.15, 0.2) is 64.0 Å². The van der Waals surface area contributed by atoms with Gasteiger partial charge >= 0.3 is 0 Å². The van der Waals surface area contributed by atoms with Crippen molar-refractivity contribution in [3.8, 4) is 0 Å². The molecule has 2 aromatic rings. The van der Waals surface area contributed by atoms with Crippen LogP contribution in [0.2, 0.25) is 0 Å². The maximum absolute atomic E-state index is 13.2. The van der Waals surface area contributed by atoms with Gasteiger partial charge in [0.25, 0.3) is 10.0 Å². The molecular formula is C22H29BrN2O3S. The van der Waals surface area contributed by atoms with Gasteiger partial charge in [-0.15, -0.1) is 0 Å². The Morgan fingerprint density at radius 2 is 1.72 bits per heavy atom.